The molecule has 0 aliphatic rings. The zero-order valence-corrected chi connectivity index (χ0v) is 9.52. The third-order valence-electron chi connectivity index (χ3n) is 2.40. The lowest BCUT2D eigenvalue weighted by molar-refractivity contribution is 0.573. The van der Waals surface area contributed by atoms with Gasteiger partial charge in [-0.15, -0.1) is 0 Å². The van der Waals surface area contributed by atoms with Gasteiger partial charge in [0, 0.05) is 19.4 Å². The van der Waals surface area contributed by atoms with Crippen LogP contribution in [0.5, 0.6) is 0 Å². The molecule has 16 heavy (non-hydrogen) atoms. The molecule has 3 N–H and O–H groups in total. The van der Waals surface area contributed by atoms with Crippen LogP contribution in [0.1, 0.15) is 17.3 Å². The minimum Gasteiger partial charge on any atom is -0.271 e. The molecule has 0 aliphatic heterocycles. The number of nitrogens with two attached hydrogens (primary N) is 1. The molecule has 0 spiro atoms. The van der Waals surface area contributed by atoms with Crippen molar-refractivity contribution in [2.75, 3.05) is 0 Å². The second-order valence-corrected chi connectivity index (χ2v) is 3.78. The van der Waals surface area contributed by atoms with E-state index in [2.05, 4.69) is 15.5 Å². The van der Waals surface area contributed by atoms with Crippen molar-refractivity contribution >= 4 is 11.6 Å². The summed E-state index contributed by atoms with van der Waals surface area (Å²) in [5.41, 5.74) is 4.64. The average molecular weight is 238 g/mol. The van der Waals surface area contributed by atoms with Crippen LogP contribution in [0, 0.1) is 0 Å². The van der Waals surface area contributed by atoms with Gasteiger partial charge in [0.1, 0.15) is 5.15 Å². The summed E-state index contributed by atoms with van der Waals surface area (Å²) in [5.74, 6) is 5.55. The van der Waals surface area contributed by atoms with E-state index >= 15 is 0 Å². The Morgan fingerprint density at radius 3 is 2.75 bits per heavy atom. The molecule has 0 fully saturated rings. The second-order valence-electron chi connectivity index (χ2n) is 3.39. The fraction of sp³-hybridized carbons (Fsp3) is 0.200. The van der Waals surface area contributed by atoms with Gasteiger partial charge in [-0.3, -0.25) is 10.5 Å². The monoisotopic (exact) mass is 237 g/mol. The number of aromatic nitrogens is 3. The first-order valence-electron chi connectivity index (χ1n) is 4.78. The summed E-state index contributed by atoms with van der Waals surface area (Å²) < 4.78 is 1.76. The first-order chi connectivity index (χ1) is 7.72. The Morgan fingerprint density at radius 1 is 1.44 bits per heavy atom. The van der Waals surface area contributed by atoms with Crippen molar-refractivity contribution < 1.29 is 0 Å². The molecule has 1 atom stereocenters. The second kappa shape index (κ2) is 4.61. The Balaban J connectivity index is 2.37. The van der Waals surface area contributed by atoms with E-state index in [1.807, 2.05) is 19.2 Å². The number of nitrogens with one attached hydrogen (secondary N) is 1. The highest BCUT2D eigenvalue weighted by molar-refractivity contribution is 6.29. The van der Waals surface area contributed by atoms with Crippen molar-refractivity contribution in [3.05, 3.63) is 47.0 Å². The van der Waals surface area contributed by atoms with Gasteiger partial charge in [0.05, 0.1) is 11.7 Å². The summed E-state index contributed by atoms with van der Waals surface area (Å²) >= 11 is 5.74. The van der Waals surface area contributed by atoms with Crippen LogP contribution < -0.4 is 11.3 Å². The Morgan fingerprint density at radius 2 is 2.25 bits per heavy atom. The van der Waals surface area contributed by atoms with E-state index in [-0.39, 0.29) is 6.04 Å². The van der Waals surface area contributed by atoms with Crippen molar-refractivity contribution in [1.29, 1.82) is 0 Å². The molecule has 0 saturated heterocycles. The van der Waals surface area contributed by atoms with Gasteiger partial charge < -0.3 is 0 Å². The summed E-state index contributed by atoms with van der Waals surface area (Å²) in [7, 11) is 1.86. The highest BCUT2D eigenvalue weighted by atomic mass is 35.5. The molecule has 0 saturated carbocycles. The van der Waals surface area contributed by atoms with E-state index in [0.29, 0.717) is 5.15 Å². The quantitative estimate of drug-likeness (QED) is 0.475. The number of hydrazine groups is 1. The lowest BCUT2D eigenvalue weighted by atomic mass is 10.1. The van der Waals surface area contributed by atoms with E-state index in [9.17, 15) is 0 Å². The lowest BCUT2D eigenvalue weighted by Gasteiger charge is -2.16. The Hall–Kier alpha value is -1.43. The van der Waals surface area contributed by atoms with Gasteiger partial charge >= 0.3 is 0 Å². The Labute approximate surface area is 98.2 Å². The van der Waals surface area contributed by atoms with E-state index in [0.717, 1.165) is 11.3 Å². The maximum atomic E-state index is 5.74. The third-order valence-corrected chi connectivity index (χ3v) is 2.63. The molecule has 2 rings (SSSR count). The van der Waals surface area contributed by atoms with E-state index < -0.39 is 0 Å². The molecule has 2 aromatic rings. The van der Waals surface area contributed by atoms with Crippen molar-refractivity contribution in [2.24, 2.45) is 12.9 Å². The fourth-order valence-electron chi connectivity index (χ4n) is 1.58. The van der Waals surface area contributed by atoms with Gasteiger partial charge in [0.25, 0.3) is 0 Å². The molecule has 0 aliphatic carbocycles. The molecule has 2 heterocycles. The molecular weight excluding hydrogens is 226 g/mol. The minimum absolute atomic E-state index is 0.141. The van der Waals surface area contributed by atoms with Crippen LogP contribution >= 0.6 is 11.6 Å². The van der Waals surface area contributed by atoms with Crippen LogP contribution in [-0.4, -0.2) is 14.8 Å². The molecule has 2 aromatic heterocycles. The van der Waals surface area contributed by atoms with Crippen LogP contribution in [0.2, 0.25) is 5.15 Å². The highest BCUT2D eigenvalue weighted by Gasteiger charge is 2.15. The van der Waals surface area contributed by atoms with E-state index in [1.165, 1.54) is 0 Å². The van der Waals surface area contributed by atoms with Crippen LogP contribution in [0.15, 0.2) is 30.6 Å². The van der Waals surface area contributed by atoms with Gasteiger partial charge in [-0.2, -0.15) is 5.10 Å². The van der Waals surface area contributed by atoms with Crippen LogP contribution in [0.3, 0.4) is 0 Å². The lowest BCUT2D eigenvalue weighted by Crippen LogP contribution is -2.30. The first kappa shape index (κ1) is 11.1. The molecule has 0 aromatic carbocycles. The minimum atomic E-state index is -0.141. The van der Waals surface area contributed by atoms with Gasteiger partial charge in [0.2, 0.25) is 0 Å². The van der Waals surface area contributed by atoms with Crippen molar-refractivity contribution in [2.45, 2.75) is 6.04 Å². The first-order valence-corrected chi connectivity index (χ1v) is 5.15. The maximum Gasteiger partial charge on any atom is 0.129 e. The number of hydrogen-bond acceptors (Lipinski definition) is 4. The van der Waals surface area contributed by atoms with Crippen molar-refractivity contribution in [3.63, 3.8) is 0 Å². The maximum absolute atomic E-state index is 5.74. The van der Waals surface area contributed by atoms with Crippen LogP contribution in [0.4, 0.5) is 0 Å². The predicted molar refractivity (Wildman–Crippen MR) is 61.6 cm³/mol. The highest BCUT2D eigenvalue weighted by Crippen LogP contribution is 2.20. The van der Waals surface area contributed by atoms with Crippen LogP contribution in [0.25, 0.3) is 0 Å². The van der Waals surface area contributed by atoms with E-state index in [1.54, 1.807) is 23.1 Å². The number of rotatable bonds is 3. The number of aryl methyl sites for hydroxylation is 1. The fourth-order valence-corrected chi connectivity index (χ4v) is 1.69. The summed E-state index contributed by atoms with van der Waals surface area (Å²) in [4.78, 5) is 4.03. The number of pyridine rings is 1. The molecular formula is C10H12ClN5. The SMILES string of the molecule is Cn1nccc1C(NN)c1ccc(Cl)nc1. The average Bonchev–Trinajstić information content (AvgIpc) is 2.69. The van der Waals surface area contributed by atoms with Gasteiger partial charge in [-0.1, -0.05) is 17.7 Å². The largest absolute Gasteiger partial charge is 0.271 e. The standard InChI is InChI=1S/C10H12ClN5/c1-16-8(4-5-14-16)10(15-12)7-2-3-9(11)13-6-7/h2-6,10,15H,12H2,1H3. The Bertz CT molecular complexity index is 464. The molecule has 0 bridgehead atoms. The van der Waals surface area contributed by atoms with Crippen LogP contribution in [-0.2, 0) is 7.05 Å². The summed E-state index contributed by atoms with van der Waals surface area (Å²) in [5, 5.41) is 4.57. The summed E-state index contributed by atoms with van der Waals surface area (Å²) in [6, 6.07) is 5.38. The zero-order valence-electron chi connectivity index (χ0n) is 8.76. The third kappa shape index (κ3) is 2.06. The number of hydrogen-bond donors (Lipinski definition) is 2. The molecule has 0 radical (unpaired) electrons. The molecule has 6 heteroatoms. The molecule has 84 valence electrons. The summed E-state index contributed by atoms with van der Waals surface area (Å²) in [6.45, 7) is 0. The Kier molecular flexibility index (Phi) is 3.19. The van der Waals surface area contributed by atoms with Crippen molar-refractivity contribution in [3.8, 4) is 0 Å². The molecule has 1 unspecified atom stereocenters. The molecule has 0 amide bonds. The smallest absolute Gasteiger partial charge is 0.129 e. The molecule has 5 nitrogen and oxygen atoms in total. The normalized spacial score (nSPS) is 12.7. The van der Waals surface area contributed by atoms with Gasteiger partial charge in [-0.25, -0.2) is 10.4 Å². The number of nitrogens with zero attached hydrogens (tertiary/aromatic N) is 3. The predicted octanol–water partition coefficient (Wildman–Crippen LogP) is 1.02. The number of halogens is 1. The van der Waals surface area contributed by atoms with Gasteiger partial charge in [-0.05, 0) is 17.7 Å². The topological polar surface area (TPSA) is 68.8 Å². The van der Waals surface area contributed by atoms with Gasteiger partial charge in [0.15, 0.2) is 0 Å². The zero-order chi connectivity index (χ0) is 11.5. The van der Waals surface area contributed by atoms with Crippen molar-refractivity contribution in [1.82, 2.24) is 20.2 Å². The van der Waals surface area contributed by atoms with E-state index in [4.69, 9.17) is 17.4 Å². The summed E-state index contributed by atoms with van der Waals surface area (Å²) in [6.07, 6.45) is 3.42.